The number of benzene rings is 1. The van der Waals surface area contributed by atoms with Crippen molar-refractivity contribution in [2.75, 3.05) is 13.2 Å². The lowest BCUT2D eigenvalue weighted by atomic mass is 10.00. The zero-order valence-corrected chi connectivity index (χ0v) is 10.6. The Labute approximate surface area is 111 Å². The van der Waals surface area contributed by atoms with Crippen molar-refractivity contribution in [3.8, 4) is 0 Å². The molecule has 2 rings (SSSR count). The van der Waals surface area contributed by atoms with Crippen LogP contribution in [0.2, 0.25) is 0 Å². The Hall–Kier alpha value is -1.88. The van der Waals surface area contributed by atoms with Gasteiger partial charge in [-0.25, -0.2) is 4.79 Å². The first kappa shape index (κ1) is 13.5. The Morgan fingerprint density at radius 3 is 2.79 bits per heavy atom. The third-order valence-corrected chi connectivity index (χ3v) is 3.44. The molecule has 1 atom stereocenters. The predicted octanol–water partition coefficient (Wildman–Crippen LogP) is 1.91. The molecular weight excluding hydrogens is 246 g/mol. The SMILES string of the molecule is O=C[C@@]1(COCc2ccccc2)CCCN1C(=O)O. The van der Waals surface area contributed by atoms with Crippen molar-refractivity contribution in [1.29, 1.82) is 0 Å². The summed E-state index contributed by atoms with van der Waals surface area (Å²) in [7, 11) is 0. The number of aldehydes is 1. The second-order valence-electron chi connectivity index (χ2n) is 4.74. The zero-order chi connectivity index (χ0) is 13.7. The summed E-state index contributed by atoms with van der Waals surface area (Å²) in [6.45, 7) is 0.879. The fraction of sp³-hybridized carbons (Fsp3) is 0.429. The fourth-order valence-corrected chi connectivity index (χ4v) is 2.41. The first-order chi connectivity index (χ1) is 9.18. The fourth-order valence-electron chi connectivity index (χ4n) is 2.41. The lowest BCUT2D eigenvalue weighted by Crippen LogP contribution is -2.51. The number of carbonyl (C=O) groups is 2. The van der Waals surface area contributed by atoms with Crippen LogP contribution in [0, 0.1) is 0 Å². The normalized spacial score (nSPS) is 22.4. The van der Waals surface area contributed by atoms with Gasteiger partial charge in [-0.1, -0.05) is 30.3 Å². The maximum absolute atomic E-state index is 11.3. The first-order valence-electron chi connectivity index (χ1n) is 6.26. The standard InChI is InChI=1S/C14H17NO4/c16-10-14(7-4-8-15(14)13(17)18)11-19-9-12-5-2-1-3-6-12/h1-3,5-6,10H,4,7-9,11H2,(H,17,18)/t14-/m1/s1. The maximum Gasteiger partial charge on any atom is 0.408 e. The van der Waals surface area contributed by atoms with E-state index in [1.54, 1.807) is 0 Å². The number of carboxylic acid groups (broad SMARTS) is 1. The molecule has 0 saturated carbocycles. The molecule has 1 saturated heterocycles. The van der Waals surface area contributed by atoms with Crippen LogP contribution in [-0.2, 0) is 16.1 Å². The van der Waals surface area contributed by atoms with Gasteiger partial charge in [0.25, 0.3) is 0 Å². The van der Waals surface area contributed by atoms with E-state index in [-0.39, 0.29) is 6.61 Å². The number of hydrogen-bond acceptors (Lipinski definition) is 3. The largest absolute Gasteiger partial charge is 0.465 e. The van der Waals surface area contributed by atoms with Gasteiger partial charge in [-0.2, -0.15) is 0 Å². The molecule has 0 bridgehead atoms. The van der Waals surface area contributed by atoms with Crippen LogP contribution in [-0.4, -0.2) is 41.1 Å². The van der Waals surface area contributed by atoms with E-state index in [2.05, 4.69) is 0 Å². The van der Waals surface area contributed by atoms with Crippen molar-refractivity contribution in [2.24, 2.45) is 0 Å². The highest BCUT2D eigenvalue weighted by atomic mass is 16.5. The van der Waals surface area contributed by atoms with E-state index in [0.29, 0.717) is 32.3 Å². The molecule has 0 radical (unpaired) electrons. The number of amides is 1. The van der Waals surface area contributed by atoms with Gasteiger partial charge in [-0.05, 0) is 18.4 Å². The van der Waals surface area contributed by atoms with E-state index >= 15 is 0 Å². The highest BCUT2D eigenvalue weighted by Crippen LogP contribution is 2.28. The minimum absolute atomic E-state index is 0.109. The molecule has 0 unspecified atom stereocenters. The number of rotatable bonds is 5. The molecule has 5 nitrogen and oxygen atoms in total. The minimum atomic E-state index is -1.06. The Morgan fingerprint density at radius 1 is 1.42 bits per heavy atom. The molecule has 0 spiro atoms. The summed E-state index contributed by atoms with van der Waals surface area (Å²) in [6, 6.07) is 9.59. The van der Waals surface area contributed by atoms with Crippen LogP contribution in [0.4, 0.5) is 4.79 Å². The van der Waals surface area contributed by atoms with Crippen LogP contribution >= 0.6 is 0 Å². The van der Waals surface area contributed by atoms with Gasteiger partial charge in [0.2, 0.25) is 0 Å². The minimum Gasteiger partial charge on any atom is -0.465 e. The molecule has 19 heavy (non-hydrogen) atoms. The molecule has 0 aromatic heterocycles. The van der Waals surface area contributed by atoms with E-state index in [9.17, 15) is 9.59 Å². The smallest absolute Gasteiger partial charge is 0.408 e. The number of hydrogen-bond donors (Lipinski definition) is 1. The van der Waals surface area contributed by atoms with Crippen LogP contribution in [0.25, 0.3) is 0 Å². The average molecular weight is 263 g/mol. The summed E-state index contributed by atoms with van der Waals surface area (Å²) in [4.78, 5) is 23.6. The predicted molar refractivity (Wildman–Crippen MR) is 68.9 cm³/mol. The lowest BCUT2D eigenvalue weighted by molar-refractivity contribution is -0.120. The van der Waals surface area contributed by atoms with E-state index in [4.69, 9.17) is 9.84 Å². The van der Waals surface area contributed by atoms with Crippen LogP contribution < -0.4 is 0 Å². The molecule has 1 aromatic carbocycles. The lowest BCUT2D eigenvalue weighted by Gasteiger charge is -2.31. The van der Waals surface area contributed by atoms with Crippen molar-refractivity contribution in [1.82, 2.24) is 4.90 Å². The average Bonchev–Trinajstić information content (AvgIpc) is 2.85. The summed E-state index contributed by atoms with van der Waals surface area (Å²) in [5.74, 6) is 0. The summed E-state index contributed by atoms with van der Waals surface area (Å²) >= 11 is 0. The maximum atomic E-state index is 11.3. The topological polar surface area (TPSA) is 66.8 Å². The van der Waals surface area contributed by atoms with Crippen LogP contribution in [0.5, 0.6) is 0 Å². The number of nitrogens with zero attached hydrogens (tertiary/aromatic N) is 1. The highest BCUT2D eigenvalue weighted by Gasteiger charge is 2.44. The summed E-state index contributed by atoms with van der Waals surface area (Å²) in [5, 5.41) is 9.11. The van der Waals surface area contributed by atoms with Crippen LogP contribution in [0.1, 0.15) is 18.4 Å². The van der Waals surface area contributed by atoms with Crippen molar-refractivity contribution in [3.63, 3.8) is 0 Å². The van der Waals surface area contributed by atoms with Crippen molar-refractivity contribution >= 4 is 12.4 Å². The molecule has 0 aliphatic carbocycles. The molecule has 1 aromatic rings. The molecule has 1 heterocycles. The molecule has 1 fully saturated rings. The first-order valence-corrected chi connectivity index (χ1v) is 6.26. The highest BCUT2D eigenvalue weighted by molar-refractivity contribution is 5.76. The van der Waals surface area contributed by atoms with E-state index in [0.717, 1.165) is 5.56 Å². The Morgan fingerprint density at radius 2 is 2.16 bits per heavy atom. The second kappa shape index (κ2) is 5.84. The molecule has 1 amide bonds. The van der Waals surface area contributed by atoms with E-state index in [1.807, 2.05) is 30.3 Å². The molecule has 1 aliphatic rings. The van der Waals surface area contributed by atoms with E-state index in [1.165, 1.54) is 4.90 Å². The van der Waals surface area contributed by atoms with Gasteiger partial charge in [0, 0.05) is 6.54 Å². The van der Waals surface area contributed by atoms with Gasteiger partial charge < -0.3 is 14.6 Å². The summed E-state index contributed by atoms with van der Waals surface area (Å²) in [6.07, 6.45) is 0.865. The third-order valence-electron chi connectivity index (χ3n) is 3.44. The molecule has 5 heteroatoms. The van der Waals surface area contributed by atoms with E-state index < -0.39 is 11.6 Å². The number of carbonyl (C=O) groups excluding carboxylic acids is 1. The van der Waals surface area contributed by atoms with Crippen molar-refractivity contribution in [3.05, 3.63) is 35.9 Å². The Balaban J connectivity index is 1.96. The van der Waals surface area contributed by atoms with Crippen molar-refractivity contribution in [2.45, 2.75) is 25.0 Å². The second-order valence-corrected chi connectivity index (χ2v) is 4.74. The van der Waals surface area contributed by atoms with Gasteiger partial charge in [0.05, 0.1) is 13.2 Å². The number of ether oxygens (including phenoxy) is 1. The van der Waals surface area contributed by atoms with Gasteiger partial charge >= 0.3 is 6.09 Å². The Kier molecular flexibility index (Phi) is 4.16. The summed E-state index contributed by atoms with van der Waals surface area (Å²) < 4.78 is 5.54. The number of likely N-dealkylation sites (tertiary alicyclic amines) is 1. The van der Waals surface area contributed by atoms with Crippen LogP contribution in [0.3, 0.4) is 0 Å². The quantitative estimate of drug-likeness (QED) is 0.824. The molecular formula is C14H17NO4. The van der Waals surface area contributed by atoms with Gasteiger partial charge in [-0.3, -0.25) is 4.90 Å². The molecule has 102 valence electrons. The van der Waals surface area contributed by atoms with Gasteiger partial charge in [0.15, 0.2) is 0 Å². The van der Waals surface area contributed by atoms with Crippen molar-refractivity contribution < 1.29 is 19.4 Å². The molecule has 1 N–H and O–H groups in total. The summed E-state index contributed by atoms with van der Waals surface area (Å²) in [5.41, 5.74) is -0.0101. The zero-order valence-electron chi connectivity index (χ0n) is 10.6. The van der Waals surface area contributed by atoms with Gasteiger partial charge in [0.1, 0.15) is 11.8 Å². The van der Waals surface area contributed by atoms with Crippen LogP contribution in [0.15, 0.2) is 30.3 Å². The van der Waals surface area contributed by atoms with Gasteiger partial charge in [-0.15, -0.1) is 0 Å². The monoisotopic (exact) mass is 263 g/mol. The Bertz CT molecular complexity index is 448. The molecule has 1 aliphatic heterocycles. The third kappa shape index (κ3) is 2.93.